The van der Waals surface area contributed by atoms with E-state index in [-0.39, 0.29) is 5.70 Å². The van der Waals surface area contributed by atoms with Crippen LogP contribution in [0.2, 0.25) is 0 Å². The molecule has 0 saturated carbocycles. The van der Waals surface area contributed by atoms with Crippen LogP contribution in [0, 0.1) is 6.92 Å². The van der Waals surface area contributed by atoms with Gasteiger partial charge in [0.1, 0.15) is 17.6 Å². The molecule has 0 heterocycles. The zero-order valence-electron chi connectivity index (χ0n) is 8.94. The van der Waals surface area contributed by atoms with Gasteiger partial charge < -0.3 is 14.7 Å². The number of anilines is 1. The molecule has 0 fully saturated rings. The minimum Gasteiger partial charge on any atom is -0.477 e. The maximum absolute atomic E-state index is 10.9. The minimum absolute atomic E-state index is 0.315. The normalized spacial score (nSPS) is 10.8. The van der Waals surface area contributed by atoms with E-state index in [0.29, 0.717) is 5.69 Å². The Bertz CT molecular complexity index is 470. The summed E-state index contributed by atoms with van der Waals surface area (Å²) in [7, 11) is 0. The van der Waals surface area contributed by atoms with Gasteiger partial charge in [0.25, 0.3) is 0 Å². The third-order valence-electron chi connectivity index (χ3n) is 1.98. The van der Waals surface area contributed by atoms with E-state index in [0.717, 1.165) is 11.6 Å². The number of carbonyl (C=O) groups excluding carboxylic acids is 1. The Labute approximate surface area is 103 Å². The molecule has 2 N–H and O–H groups in total. The molecule has 0 atom stereocenters. The monoisotopic (exact) mass is 255 g/mol. The molecule has 5 nitrogen and oxygen atoms in total. The summed E-state index contributed by atoms with van der Waals surface area (Å²) in [6, 6.07) is 7.06. The van der Waals surface area contributed by atoms with Crippen molar-refractivity contribution in [2.45, 2.75) is 6.92 Å². The molecule has 0 unspecified atom stereocenters. The molecule has 0 spiro atoms. The fourth-order valence-corrected chi connectivity index (χ4v) is 1.19. The summed E-state index contributed by atoms with van der Waals surface area (Å²) in [5.74, 6) is -2.24. The van der Waals surface area contributed by atoms with Gasteiger partial charge in [0.15, 0.2) is 0 Å². The topological polar surface area (TPSA) is 75.6 Å². The summed E-state index contributed by atoms with van der Waals surface area (Å²) in [6.45, 7) is 1.81. The Morgan fingerprint density at radius 3 is 2.59 bits per heavy atom. The maximum Gasteiger partial charge on any atom is 0.352 e. The van der Waals surface area contributed by atoms with Crippen LogP contribution >= 0.6 is 11.9 Å². The number of halogens is 1. The van der Waals surface area contributed by atoms with E-state index in [1.807, 2.05) is 19.1 Å². The molecule has 1 aromatic rings. The van der Waals surface area contributed by atoms with Crippen LogP contribution in [0.25, 0.3) is 0 Å². The zero-order chi connectivity index (χ0) is 12.8. The molecule has 0 aromatic heterocycles. The Morgan fingerprint density at radius 2 is 2.06 bits per heavy atom. The molecule has 0 bridgehead atoms. The van der Waals surface area contributed by atoms with Crippen molar-refractivity contribution < 1.29 is 19.0 Å². The summed E-state index contributed by atoms with van der Waals surface area (Å²) in [5, 5.41) is 11.5. The van der Waals surface area contributed by atoms with Gasteiger partial charge in [-0.25, -0.2) is 9.59 Å². The first-order chi connectivity index (χ1) is 8.04. The highest BCUT2D eigenvalue weighted by Crippen LogP contribution is 2.15. The molecule has 0 saturated heterocycles. The molecule has 1 aromatic carbocycles. The van der Waals surface area contributed by atoms with Gasteiger partial charge in [0, 0.05) is 5.69 Å². The lowest BCUT2D eigenvalue weighted by atomic mass is 10.2. The molecular formula is C11H10ClNO4. The zero-order valence-corrected chi connectivity index (χ0v) is 9.69. The van der Waals surface area contributed by atoms with Crippen LogP contribution < -0.4 is 5.32 Å². The van der Waals surface area contributed by atoms with Gasteiger partial charge in [0.05, 0.1) is 6.08 Å². The summed E-state index contributed by atoms with van der Waals surface area (Å²) < 4.78 is 3.85. The highest BCUT2D eigenvalue weighted by molar-refractivity contribution is 6.15. The second-order valence-electron chi connectivity index (χ2n) is 3.20. The second-order valence-corrected chi connectivity index (χ2v) is 3.35. The highest BCUT2D eigenvalue weighted by Gasteiger charge is 2.11. The maximum atomic E-state index is 10.9. The minimum atomic E-state index is -1.28. The number of hydrogen-bond donors (Lipinski definition) is 2. The van der Waals surface area contributed by atoms with Gasteiger partial charge in [0.2, 0.25) is 0 Å². The Kier molecular flexibility index (Phi) is 4.54. The van der Waals surface area contributed by atoms with Gasteiger partial charge in [-0.15, -0.1) is 0 Å². The number of benzene rings is 1. The summed E-state index contributed by atoms with van der Waals surface area (Å²) >= 11 is 4.82. The van der Waals surface area contributed by atoms with Gasteiger partial charge in [-0.05, 0) is 18.6 Å². The Morgan fingerprint density at radius 1 is 1.41 bits per heavy atom. The molecule has 0 aliphatic rings. The molecule has 17 heavy (non-hydrogen) atoms. The number of carboxylic acids is 1. The molecule has 6 heteroatoms. The van der Waals surface area contributed by atoms with Crippen molar-refractivity contribution >= 4 is 29.5 Å². The van der Waals surface area contributed by atoms with Crippen LogP contribution in [0.3, 0.4) is 0 Å². The smallest absolute Gasteiger partial charge is 0.352 e. The number of carbonyl (C=O) groups is 2. The van der Waals surface area contributed by atoms with E-state index in [4.69, 9.17) is 17.0 Å². The summed E-state index contributed by atoms with van der Waals surface area (Å²) in [4.78, 5) is 21.8. The number of carboxylic acid groups (broad SMARTS) is 1. The summed E-state index contributed by atoms with van der Waals surface area (Å²) in [6.07, 6.45) is 0.766. The van der Waals surface area contributed by atoms with Crippen molar-refractivity contribution in [1.82, 2.24) is 0 Å². The number of aryl methyl sites for hydroxylation is 1. The molecule has 1 rings (SSSR count). The number of para-hydroxylation sites is 1. The van der Waals surface area contributed by atoms with Crippen LogP contribution in [-0.4, -0.2) is 17.0 Å². The lowest BCUT2D eigenvalue weighted by Crippen LogP contribution is -2.13. The molecule has 90 valence electrons. The molecule has 0 aliphatic heterocycles. The first-order valence-electron chi connectivity index (χ1n) is 4.64. The molecular weight excluding hydrogens is 246 g/mol. The largest absolute Gasteiger partial charge is 0.477 e. The Balaban J connectivity index is 2.96. The van der Waals surface area contributed by atoms with Crippen molar-refractivity contribution in [2.24, 2.45) is 0 Å². The van der Waals surface area contributed by atoms with Crippen molar-refractivity contribution in [3.63, 3.8) is 0 Å². The molecule has 0 aliphatic carbocycles. The lowest BCUT2D eigenvalue weighted by molar-refractivity contribution is -0.134. The lowest BCUT2D eigenvalue weighted by Gasteiger charge is -2.09. The predicted octanol–water partition coefficient (Wildman–Crippen LogP) is 2.07. The van der Waals surface area contributed by atoms with Crippen LogP contribution in [0.4, 0.5) is 5.69 Å². The van der Waals surface area contributed by atoms with Crippen molar-refractivity contribution in [3.8, 4) is 0 Å². The fourth-order valence-electron chi connectivity index (χ4n) is 1.15. The number of rotatable bonds is 4. The second kappa shape index (κ2) is 5.91. The third-order valence-corrected chi connectivity index (χ3v) is 2.14. The molecule has 0 radical (unpaired) electrons. The predicted molar refractivity (Wildman–Crippen MR) is 62.5 cm³/mol. The van der Waals surface area contributed by atoms with E-state index in [1.54, 1.807) is 12.1 Å². The highest BCUT2D eigenvalue weighted by atomic mass is 35.5. The SMILES string of the molecule is Cc1ccccc1NC(=CC(=O)OCl)C(=O)O. The van der Waals surface area contributed by atoms with E-state index in [9.17, 15) is 9.59 Å². The van der Waals surface area contributed by atoms with Gasteiger partial charge in [-0.1, -0.05) is 18.2 Å². The van der Waals surface area contributed by atoms with Gasteiger partial charge >= 0.3 is 11.9 Å². The third kappa shape index (κ3) is 3.81. The first-order valence-corrected chi connectivity index (χ1v) is 4.95. The van der Waals surface area contributed by atoms with Crippen molar-refractivity contribution in [2.75, 3.05) is 5.32 Å². The number of hydrogen-bond acceptors (Lipinski definition) is 4. The first kappa shape index (κ1) is 13.1. The van der Waals surface area contributed by atoms with E-state index < -0.39 is 11.9 Å². The fraction of sp³-hybridized carbons (Fsp3) is 0.0909. The van der Waals surface area contributed by atoms with Crippen LogP contribution in [0.1, 0.15) is 5.56 Å². The van der Waals surface area contributed by atoms with Crippen molar-refractivity contribution in [3.05, 3.63) is 41.6 Å². The van der Waals surface area contributed by atoms with Crippen LogP contribution in [0.15, 0.2) is 36.0 Å². The van der Waals surface area contributed by atoms with Gasteiger partial charge in [-0.2, -0.15) is 0 Å². The molecule has 0 amide bonds. The quantitative estimate of drug-likeness (QED) is 0.806. The number of nitrogens with one attached hydrogen (secondary N) is 1. The average molecular weight is 256 g/mol. The van der Waals surface area contributed by atoms with Crippen LogP contribution in [0.5, 0.6) is 0 Å². The number of aliphatic carboxylic acids is 1. The van der Waals surface area contributed by atoms with E-state index >= 15 is 0 Å². The van der Waals surface area contributed by atoms with Gasteiger partial charge in [-0.3, -0.25) is 0 Å². The Hall–Kier alpha value is -2.01. The summed E-state index contributed by atoms with van der Waals surface area (Å²) in [5.41, 5.74) is 1.12. The van der Waals surface area contributed by atoms with Crippen LogP contribution in [-0.2, 0) is 13.9 Å². The average Bonchev–Trinajstić information content (AvgIpc) is 2.30. The van der Waals surface area contributed by atoms with E-state index in [1.165, 1.54) is 0 Å². The standard InChI is InChI=1S/C11H10ClNO4/c1-7-4-2-3-5-8(7)13-9(11(15)16)6-10(14)17-12/h2-6,13H,1H3,(H,15,16). The van der Waals surface area contributed by atoms with Crippen molar-refractivity contribution in [1.29, 1.82) is 0 Å². The van der Waals surface area contributed by atoms with E-state index in [2.05, 4.69) is 9.61 Å².